The molecule has 5 nitrogen and oxygen atoms in total. The molecule has 0 unspecified atom stereocenters. The van der Waals surface area contributed by atoms with Crippen LogP contribution in [0.2, 0.25) is 10.0 Å². The Labute approximate surface area is 189 Å². The number of aromatic carboxylic acids is 1. The molecule has 0 aliphatic carbocycles. The molecule has 1 N–H and O–H groups in total. The molecule has 4 aromatic rings. The van der Waals surface area contributed by atoms with Gasteiger partial charge in [-0.05, 0) is 47.2 Å². The molecular formula is C24H19Cl2NO4. The number of fused-ring (bicyclic) bond motifs is 1. The van der Waals surface area contributed by atoms with E-state index in [1.54, 1.807) is 42.5 Å². The van der Waals surface area contributed by atoms with E-state index in [0.717, 1.165) is 16.3 Å². The Hall–Kier alpha value is -3.02. The summed E-state index contributed by atoms with van der Waals surface area (Å²) < 4.78 is 11.7. The van der Waals surface area contributed by atoms with Crippen LogP contribution >= 0.6 is 23.2 Å². The number of hydrogen-bond donors (Lipinski definition) is 1. The lowest BCUT2D eigenvalue weighted by molar-refractivity contribution is 0.0697. The van der Waals surface area contributed by atoms with E-state index in [2.05, 4.69) is 5.16 Å². The molecule has 0 fully saturated rings. The van der Waals surface area contributed by atoms with E-state index in [4.69, 9.17) is 37.6 Å². The minimum Gasteiger partial charge on any atom is -0.489 e. The van der Waals surface area contributed by atoms with Crippen molar-refractivity contribution >= 4 is 39.9 Å². The highest BCUT2D eigenvalue weighted by atomic mass is 35.5. The van der Waals surface area contributed by atoms with E-state index < -0.39 is 5.97 Å². The van der Waals surface area contributed by atoms with Gasteiger partial charge in [-0.15, -0.1) is 0 Å². The van der Waals surface area contributed by atoms with Gasteiger partial charge >= 0.3 is 5.97 Å². The van der Waals surface area contributed by atoms with E-state index in [0.29, 0.717) is 32.8 Å². The van der Waals surface area contributed by atoms with E-state index in [1.807, 2.05) is 26.0 Å². The standard InChI is InChI=1S/C24H19Cl2NO4/c1-13(2)23-18(22(27-31-23)21-19(25)4-3-5-20(21)26)12-30-17-9-8-14-10-16(24(28)29)7-6-15(14)11-17/h3-11,13H,12H2,1-2H3,(H,28,29). The molecule has 0 radical (unpaired) electrons. The first-order valence-electron chi connectivity index (χ1n) is 9.68. The topological polar surface area (TPSA) is 72.6 Å². The summed E-state index contributed by atoms with van der Waals surface area (Å²) in [6.07, 6.45) is 0. The second kappa shape index (κ2) is 8.61. The van der Waals surface area contributed by atoms with E-state index in [9.17, 15) is 4.79 Å². The molecule has 31 heavy (non-hydrogen) atoms. The van der Waals surface area contributed by atoms with Crippen molar-refractivity contribution in [2.75, 3.05) is 0 Å². The van der Waals surface area contributed by atoms with E-state index >= 15 is 0 Å². The quantitative estimate of drug-likeness (QED) is 0.332. The number of carboxylic acid groups (broad SMARTS) is 1. The lowest BCUT2D eigenvalue weighted by atomic mass is 10.0. The van der Waals surface area contributed by atoms with Gasteiger partial charge in [0.15, 0.2) is 0 Å². The number of benzene rings is 3. The number of hydrogen-bond acceptors (Lipinski definition) is 4. The first kappa shape index (κ1) is 21.2. The zero-order chi connectivity index (χ0) is 22.1. The Morgan fingerprint density at radius 2 is 1.74 bits per heavy atom. The first-order valence-corrected chi connectivity index (χ1v) is 10.4. The molecule has 0 aliphatic heterocycles. The molecule has 0 bridgehead atoms. The summed E-state index contributed by atoms with van der Waals surface area (Å²) in [5.74, 6) is 0.481. The number of carbonyl (C=O) groups is 1. The van der Waals surface area contributed by atoms with Crippen LogP contribution < -0.4 is 4.74 Å². The highest BCUT2D eigenvalue weighted by Crippen LogP contribution is 2.39. The Morgan fingerprint density at radius 1 is 1.06 bits per heavy atom. The van der Waals surface area contributed by atoms with Crippen molar-refractivity contribution in [3.63, 3.8) is 0 Å². The van der Waals surface area contributed by atoms with Gasteiger partial charge in [0.25, 0.3) is 0 Å². The maximum Gasteiger partial charge on any atom is 0.335 e. The summed E-state index contributed by atoms with van der Waals surface area (Å²) in [4.78, 5) is 11.2. The number of aromatic nitrogens is 1. The van der Waals surface area contributed by atoms with Crippen molar-refractivity contribution in [3.05, 3.63) is 81.5 Å². The molecule has 3 aromatic carbocycles. The largest absolute Gasteiger partial charge is 0.489 e. The van der Waals surface area contributed by atoms with E-state index in [1.165, 1.54) is 0 Å². The predicted octanol–water partition coefficient (Wildman–Crippen LogP) is 7.20. The maximum absolute atomic E-state index is 11.2. The van der Waals surface area contributed by atoms with Crippen molar-refractivity contribution < 1.29 is 19.2 Å². The first-order chi connectivity index (χ1) is 14.8. The van der Waals surface area contributed by atoms with Crippen molar-refractivity contribution in [1.82, 2.24) is 5.16 Å². The average Bonchev–Trinajstić information content (AvgIpc) is 3.15. The lowest BCUT2D eigenvalue weighted by Crippen LogP contribution is -2.01. The molecular weight excluding hydrogens is 437 g/mol. The summed E-state index contributed by atoms with van der Waals surface area (Å²) in [5, 5.41) is 16.1. The average molecular weight is 456 g/mol. The molecule has 0 saturated carbocycles. The summed E-state index contributed by atoms with van der Waals surface area (Å²) in [6, 6.07) is 15.8. The summed E-state index contributed by atoms with van der Waals surface area (Å²) >= 11 is 12.8. The number of ether oxygens (including phenoxy) is 1. The molecule has 0 amide bonds. The molecule has 1 heterocycles. The molecule has 4 rings (SSSR count). The van der Waals surface area contributed by atoms with Gasteiger partial charge in [-0.1, -0.05) is 60.4 Å². The fourth-order valence-electron chi connectivity index (χ4n) is 3.44. The molecule has 0 aliphatic rings. The maximum atomic E-state index is 11.2. The Kier molecular flexibility index (Phi) is 5.90. The fourth-order valence-corrected chi connectivity index (χ4v) is 4.01. The molecule has 7 heteroatoms. The smallest absolute Gasteiger partial charge is 0.335 e. The number of rotatable bonds is 6. The van der Waals surface area contributed by atoms with Crippen LogP contribution in [-0.4, -0.2) is 16.2 Å². The Morgan fingerprint density at radius 3 is 2.42 bits per heavy atom. The van der Waals surface area contributed by atoms with Crippen LogP contribution in [0.1, 0.15) is 41.4 Å². The van der Waals surface area contributed by atoms with Crippen LogP contribution in [0.4, 0.5) is 0 Å². The van der Waals surface area contributed by atoms with Crippen molar-refractivity contribution in [2.24, 2.45) is 0 Å². The molecule has 0 spiro atoms. The van der Waals surface area contributed by atoms with Gasteiger partial charge in [0.2, 0.25) is 0 Å². The molecule has 158 valence electrons. The van der Waals surface area contributed by atoms with Gasteiger partial charge in [-0.2, -0.15) is 0 Å². The molecule has 0 saturated heterocycles. The normalized spacial score (nSPS) is 11.3. The van der Waals surface area contributed by atoms with Crippen molar-refractivity contribution in [2.45, 2.75) is 26.4 Å². The number of carboxylic acids is 1. The summed E-state index contributed by atoms with van der Waals surface area (Å²) in [5.41, 5.74) is 2.20. The van der Waals surface area contributed by atoms with Crippen LogP contribution in [-0.2, 0) is 6.61 Å². The van der Waals surface area contributed by atoms with Crippen LogP contribution in [0.5, 0.6) is 5.75 Å². The summed E-state index contributed by atoms with van der Waals surface area (Å²) in [6.45, 7) is 4.24. The minimum absolute atomic E-state index is 0.0900. The van der Waals surface area contributed by atoms with Crippen LogP contribution in [0.25, 0.3) is 22.0 Å². The summed E-state index contributed by atoms with van der Waals surface area (Å²) in [7, 11) is 0. The van der Waals surface area contributed by atoms with Gasteiger partial charge in [0.05, 0.1) is 21.2 Å². The second-order valence-corrected chi connectivity index (χ2v) is 8.26. The zero-order valence-electron chi connectivity index (χ0n) is 16.9. The lowest BCUT2D eigenvalue weighted by Gasteiger charge is -2.11. The number of halogens is 2. The fraction of sp³-hybridized carbons (Fsp3) is 0.167. The second-order valence-electron chi connectivity index (χ2n) is 7.44. The highest BCUT2D eigenvalue weighted by Gasteiger charge is 2.23. The molecule has 0 atom stereocenters. The van der Waals surface area contributed by atoms with Crippen LogP contribution in [0.3, 0.4) is 0 Å². The minimum atomic E-state index is -0.957. The van der Waals surface area contributed by atoms with Gasteiger partial charge < -0.3 is 14.4 Å². The van der Waals surface area contributed by atoms with Gasteiger partial charge in [-0.3, -0.25) is 0 Å². The van der Waals surface area contributed by atoms with Crippen molar-refractivity contribution in [3.8, 4) is 17.0 Å². The predicted molar refractivity (Wildman–Crippen MR) is 121 cm³/mol. The van der Waals surface area contributed by atoms with Crippen molar-refractivity contribution in [1.29, 1.82) is 0 Å². The zero-order valence-corrected chi connectivity index (χ0v) is 18.4. The monoisotopic (exact) mass is 455 g/mol. The van der Waals surface area contributed by atoms with Gasteiger partial charge in [-0.25, -0.2) is 4.79 Å². The van der Waals surface area contributed by atoms with Gasteiger partial charge in [0, 0.05) is 11.5 Å². The van der Waals surface area contributed by atoms with Crippen LogP contribution in [0.15, 0.2) is 59.1 Å². The van der Waals surface area contributed by atoms with Gasteiger partial charge in [0.1, 0.15) is 23.8 Å². The number of nitrogens with zero attached hydrogens (tertiary/aromatic N) is 1. The molecule has 1 aromatic heterocycles. The third-order valence-electron chi connectivity index (χ3n) is 4.98. The highest BCUT2D eigenvalue weighted by molar-refractivity contribution is 6.39. The third kappa shape index (κ3) is 4.24. The van der Waals surface area contributed by atoms with Crippen LogP contribution in [0, 0.1) is 0 Å². The Bertz CT molecular complexity index is 1260. The third-order valence-corrected chi connectivity index (χ3v) is 5.61. The van der Waals surface area contributed by atoms with E-state index in [-0.39, 0.29) is 18.1 Å². The Balaban J connectivity index is 1.67. The SMILES string of the molecule is CC(C)c1onc(-c2c(Cl)cccc2Cl)c1COc1ccc2cc(C(=O)O)ccc2c1.